The summed E-state index contributed by atoms with van der Waals surface area (Å²) in [5, 5.41) is 0. The van der Waals surface area contributed by atoms with E-state index in [2.05, 4.69) is 22.0 Å². The van der Waals surface area contributed by atoms with Gasteiger partial charge in [0.05, 0.1) is 4.83 Å². The van der Waals surface area contributed by atoms with Gasteiger partial charge in [0, 0.05) is 12.2 Å². The molecule has 3 heteroatoms. The van der Waals surface area contributed by atoms with E-state index in [1.165, 1.54) is 5.56 Å². The Hall–Kier alpha value is -0.830. The van der Waals surface area contributed by atoms with Crippen molar-refractivity contribution in [3.05, 3.63) is 29.8 Å². The highest BCUT2D eigenvalue weighted by atomic mass is 79.9. The molecule has 1 aliphatic heterocycles. The number of rotatable bonds is 1. The lowest BCUT2D eigenvalue weighted by Gasteiger charge is -2.30. The number of fused-ring (bicyclic) bond motifs is 1. The minimum atomic E-state index is -0.108. The van der Waals surface area contributed by atoms with Crippen LogP contribution in [0.15, 0.2) is 24.3 Å². The predicted octanol–water partition coefficient (Wildman–Crippen LogP) is 2.75. The molecule has 0 saturated carbocycles. The van der Waals surface area contributed by atoms with Crippen molar-refractivity contribution in [2.24, 2.45) is 0 Å². The first-order chi connectivity index (χ1) is 7.20. The van der Waals surface area contributed by atoms with Gasteiger partial charge in [-0.2, -0.15) is 0 Å². The molecule has 1 aromatic carbocycles. The Kier molecular flexibility index (Phi) is 3.10. The molecule has 0 radical (unpaired) electrons. The molecule has 2 nitrogen and oxygen atoms in total. The van der Waals surface area contributed by atoms with Gasteiger partial charge in [-0.3, -0.25) is 4.79 Å². The molecule has 0 N–H and O–H groups in total. The quantitative estimate of drug-likeness (QED) is 0.717. The number of para-hydroxylation sites is 1. The molecule has 1 heterocycles. The van der Waals surface area contributed by atoms with E-state index in [0.717, 1.165) is 25.1 Å². The van der Waals surface area contributed by atoms with Crippen molar-refractivity contribution in [3.8, 4) is 0 Å². The van der Waals surface area contributed by atoms with E-state index in [-0.39, 0.29) is 10.7 Å². The van der Waals surface area contributed by atoms with Crippen molar-refractivity contribution in [3.63, 3.8) is 0 Å². The Morgan fingerprint density at radius 2 is 2.20 bits per heavy atom. The van der Waals surface area contributed by atoms with Crippen LogP contribution in [-0.2, 0) is 11.2 Å². The van der Waals surface area contributed by atoms with Crippen LogP contribution in [-0.4, -0.2) is 17.3 Å². The molecule has 80 valence electrons. The molecule has 2 rings (SSSR count). The highest BCUT2D eigenvalue weighted by Crippen LogP contribution is 2.27. The minimum Gasteiger partial charge on any atom is -0.311 e. The van der Waals surface area contributed by atoms with Gasteiger partial charge in [0.15, 0.2) is 0 Å². The third-order valence-corrected chi connectivity index (χ3v) is 3.11. The largest absolute Gasteiger partial charge is 0.311 e. The first-order valence-corrected chi connectivity index (χ1v) is 6.15. The number of carbonyl (C=O) groups is 1. The SMILES string of the molecule is C[C@H](Br)C(=O)N1CCCc2ccccc21. The Morgan fingerprint density at radius 1 is 1.47 bits per heavy atom. The zero-order valence-electron chi connectivity index (χ0n) is 8.74. The number of hydrogen-bond acceptors (Lipinski definition) is 1. The fourth-order valence-electron chi connectivity index (χ4n) is 1.98. The van der Waals surface area contributed by atoms with Crippen LogP contribution < -0.4 is 4.90 Å². The molecule has 1 aliphatic rings. The monoisotopic (exact) mass is 267 g/mol. The van der Waals surface area contributed by atoms with E-state index in [9.17, 15) is 4.79 Å². The second-order valence-corrected chi connectivity index (χ2v) is 5.21. The smallest absolute Gasteiger partial charge is 0.240 e. The van der Waals surface area contributed by atoms with Crippen molar-refractivity contribution >= 4 is 27.5 Å². The maximum atomic E-state index is 11.9. The lowest BCUT2D eigenvalue weighted by atomic mass is 10.0. The first kappa shape index (κ1) is 10.7. The number of halogens is 1. The van der Waals surface area contributed by atoms with Crippen LogP contribution in [0.4, 0.5) is 5.69 Å². The van der Waals surface area contributed by atoms with Crippen molar-refractivity contribution in [2.75, 3.05) is 11.4 Å². The average molecular weight is 268 g/mol. The van der Waals surface area contributed by atoms with Gasteiger partial charge in [0.2, 0.25) is 5.91 Å². The van der Waals surface area contributed by atoms with Crippen LogP contribution in [0.3, 0.4) is 0 Å². The van der Waals surface area contributed by atoms with Crippen molar-refractivity contribution in [1.82, 2.24) is 0 Å². The van der Waals surface area contributed by atoms with E-state index in [1.807, 2.05) is 30.0 Å². The van der Waals surface area contributed by atoms with Crippen molar-refractivity contribution in [1.29, 1.82) is 0 Å². The molecule has 0 fully saturated rings. The first-order valence-electron chi connectivity index (χ1n) is 5.23. The van der Waals surface area contributed by atoms with E-state index < -0.39 is 0 Å². The molecule has 15 heavy (non-hydrogen) atoms. The third kappa shape index (κ3) is 2.07. The Morgan fingerprint density at radius 3 is 2.93 bits per heavy atom. The van der Waals surface area contributed by atoms with Crippen LogP contribution in [0.25, 0.3) is 0 Å². The van der Waals surface area contributed by atoms with Crippen LogP contribution in [0, 0.1) is 0 Å². The summed E-state index contributed by atoms with van der Waals surface area (Å²) in [5.74, 6) is 0.155. The van der Waals surface area contributed by atoms with Crippen LogP contribution >= 0.6 is 15.9 Å². The maximum absolute atomic E-state index is 11.9. The van der Waals surface area contributed by atoms with Gasteiger partial charge >= 0.3 is 0 Å². The van der Waals surface area contributed by atoms with Crippen molar-refractivity contribution < 1.29 is 4.79 Å². The number of nitrogens with zero attached hydrogens (tertiary/aromatic N) is 1. The van der Waals surface area contributed by atoms with E-state index in [0.29, 0.717) is 0 Å². The summed E-state index contributed by atoms with van der Waals surface area (Å²) in [4.78, 5) is 13.7. The van der Waals surface area contributed by atoms with Gasteiger partial charge < -0.3 is 4.90 Å². The summed E-state index contributed by atoms with van der Waals surface area (Å²) in [6.45, 7) is 2.71. The van der Waals surface area contributed by atoms with Crippen LogP contribution in [0.5, 0.6) is 0 Å². The van der Waals surface area contributed by atoms with Gasteiger partial charge in [-0.1, -0.05) is 34.1 Å². The summed E-state index contributed by atoms with van der Waals surface area (Å²) >= 11 is 3.34. The van der Waals surface area contributed by atoms with Gasteiger partial charge in [-0.25, -0.2) is 0 Å². The number of benzene rings is 1. The third-order valence-electron chi connectivity index (χ3n) is 2.72. The van der Waals surface area contributed by atoms with Crippen LogP contribution in [0.2, 0.25) is 0 Å². The highest BCUT2D eigenvalue weighted by molar-refractivity contribution is 9.10. The lowest BCUT2D eigenvalue weighted by molar-refractivity contribution is -0.117. The fraction of sp³-hybridized carbons (Fsp3) is 0.417. The second kappa shape index (κ2) is 4.35. The van der Waals surface area contributed by atoms with Gasteiger partial charge in [-0.15, -0.1) is 0 Å². The number of anilines is 1. The molecule has 0 bridgehead atoms. The Balaban J connectivity index is 2.34. The number of carbonyl (C=O) groups excluding carboxylic acids is 1. The predicted molar refractivity (Wildman–Crippen MR) is 65.5 cm³/mol. The van der Waals surface area contributed by atoms with E-state index in [4.69, 9.17) is 0 Å². The zero-order valence-corrected chi connectivity index (χ0v) is 10.3. The molecule has 0 aromatic heterocycles. The molecule has 1 amide bonds. The van der Waals surface area contributed by atoms with Crippen molar-refractivity contribution in [2.45, 2.75) is 24.6 Å². The molecular weight excluding hydrogens is 254 g/mol. The molecule has 0 saturated heterocycles. The van der Waals surface area contributed by atoms with Gasteiger partial charge in [0.25, 0.3) is 0 Å². The summed E-state index contributed by atoms with van der Waals surface area (Å²) < 4.78 is 0. The number of aryl methyl sites for hydroxylation is 1. The summed E-state index contributed by atoms with van der Waals surface area (Å²) in [6.07, 6.45) is 2.14. The highest BCUT2D eigenvalue weighted by Gasteiger charge is 2.24. The van der Waals surface area contributed by atoms with E-state index in [1.54, 1.807) is 0 Å². The lowest BCUT2D eigenvalue weighted by Crippen LogP contribution is -2.39. The average Bonchev–Trinajstić information content (AvgIpc) is 2.27. The standard InChI is InChI=1S/C12H14BrNO/c1-9(13)12(15)14-8-4-6-10-5-2-3-7-11(10)14/h2-3,5,7,9H,4,6,8H2,1H3/t9-/m0/s1. The number of alkyl halides is 1. The van der Waals surface area contributed by atoms with Crippen LogP contribution in [0.1, 0.15) is 18.9 Å². The molecular formula is C12H14BrNO. The second-order valence-electron chi connectivity index (χ2n) is 3.84. The fourth-order valence-corrected chi connectivity index (χ4v) is 2.22. The normalized spacial score (nSPS) is 17.1. The Bertz CT molecular complexity index is 376. The van der Waals surface area contributed by atoms with Gasteiger partial charge in [-0.05, 0) is 31.4 Å². The molecule has 1 aromatic rings. The topological polar surface area (TPSA) is 20.3 Å². The maximum Gasteiger partial charge on any atom is 0.240 e. The Labute approximate surface area is 98.4 Å². The number of hydrogen-bond donors (Lipinski definition) is 0. The molecule has 1 atom stereocenters. The van der Waals surface area contributed by atoms with E-state index >= 15 is 0 Å². The summed E-state index contributed by atoms with van der Waals surface area (Å²) in [7, 11) is 0. The molecule has 0 aliphatic carbocycles. The molecule has 0 unspecified atom stereocenters. The zero-order chi connectivity index (χ0) is 10.8. The molecule has 0 spiro atoms. The van der Waals surface area contributed by atoms with Gasteiger partial charge in [0.1, 0.15) is 0 Å². The summed E-state index contributed by atoms with van der Waals surface area (Å²) in [5.41, 5.74) is 2.37. The minimum absolute atomic E-state index is 0.108. The number of amides is 1. The summed E-state index contributed by atoms with van der Waals surface area (Å²) in [6, 6.07) is 8.16.